The Labute approximate surface area is 130 Å². The quantitative estimate of drug-likeness (QED) is 0.789. The maximum atomic E-state index is 11.9. The molecule has 22 heavy (non-hydrogen) atoms. The third kappa shape index (κ3) is 4.56. The SMILES string of the molecule is CCOCC(=O)N(C)Cc1cccnc1Oc1ccccc1. The molecular weight excluding hydrogens is 280 g/mol. The molecule has 116 valence electrons. The predicted octanol–water partition coefficient (Wildman–Crippen LogP) is 2.87. The molecule has 0 spiro atoms. The van der Waals surface area contributed by atoms with Crippen molar-refractivity contribution in [2.75, 3.05) is 20.3 Å². The second-order valence-corrected chi connectivity index (χ2v) is 4.77. The summed E-state index contributed by atoms with van der Waals surface area (Å²) >= 11 is 0. The minimum Gasteiger partial charge on any atom is -0.439 e. The van der Waals surface area contributed by atoms with Crippen molar-refractivity contribution >= 4 is 5.91 Å². The molecule has 0 atom stereocenters. The molecule has 0 bridgehead atoms. The lowest BCUT2D eigenvalue weighted by atomic mass is 10.2. The maximum Gasteiger partial charge on any atom is 0.248 e. The molecule has 0 aliphatic rings. The number of aromatic nitrogens is 1. The van der Waals surface area contributed by atoms with E-state index in [1.165, 1.54) is 0 Å². The first-order valence-corrected chi connectivity index (χ1v) is 7.19. The van der Waals surface area contributed by atoms with Gasteiger partial charge in [0.1, 0.15) is 12.4 Å². The molecule has 1 heterocycles. The van der Waals surface area contributed by atoms with Crippen molar-refractivity contribution in [3.63, 3.8) is 0 Å². The Morgan fingerprint density at radius 2 is 1.95 bits per heavy atom. The zero-order valence-electron chi connectivity index (χ0n) is 12.9. The summed E-state index contributed by atoms with van der Waals surface area (Å²) in [5.74, 6) is 1.15. The summed E-state index contributed by atoms with van der Waals surface area (Å²) in [7, 11) is 1.74. The number of nitrogens with zero attached hydrogens (tertiary/aromatic N) is 2. The number of carbonyl (C=O) groups excluding carboxylic acids is 1. The Kier molecular flexibility index (Phi) is 5.91. The highest BCUT2D eigenvalue weighted by molar-refractivity contribution is 5.77. The molecule has 0 radical (unpaired) electrons. The van der Waals surface area contributed by atoms with E-state index in [4.69, 9.17) is 9.47 Å². The van der Waals surface area contributed by atoms with Gasteiger partial charge in [-0.2, -0.15) is 0 Å². The minimum absolute atomic E-state index is 0.0728. The summed E-state index contributed by atoms with van der Waals surface area (Å²) in [6.07, 6.45) is 1.67. The lowest BCUT2D eigenvalue weighted by Gasteiger charge is -2.18. The van der Waals surface area contributed by atoms with Gasteiger partial charge in [0.05, 0.1) is 6.54 Å². The van der Waals surface area contributed by atoms with Gasteiger partial charge in [-0.3, -0.25) is 4.79 Å². The van der Waals surface area contributed by atoms with Gasteiger partial charge in [0.2, 0.25) is 11.8 Å². The smallest absolute Gasteiger partial charge is 0.248 e. The summed E-state index contributed by atoms with van der Waals surface area (Å²) in [6.45, 7) is 2.89. The molecule has 2 rings (SSSR count). The maximum absolute atomic E-state index is 11.9. The standard InChI is InChI=1S/C17H20N2O3/c1-3-21-13-16(20)19(2)12-14-8-7-11-18-17(14)22-15-9-5-4-6-10-15/h4-11H,3,12-13H2,1-2H3. The topological polar surface area (TPSA) is 51.7 Å². The van der Waals surface area contributed by atoms with Crippen LogP contribution >= 0.6 is 0 Å². The van der Waals surface area contributed by atoms with Crippen LogP contribution in [0, 0.1) is 0 Å². The Morgan fingerprint density at radius 1 is 1.18 bits per heavy atom. The van der Waals surface area contributed by atoms with Crippen molar-refractivity contribution in [2.45, 2.75) is 13.5 Å². The van der Waals surface area contributed by atoms with Crippen LogP contribution < -0.4 is 4.74 Å². The van der Waals surface area contributed by atoms with E-state index >= 15 is 0 Å². The lowest BCUT2D eigenvalue weighted by molar-refractivity contribution is -0.135. The number of ether oxygens (including phenoxy) is 2. The number of amides is 1. The van der Waals surface area contributed by atoms with Crippen LogP contribution in [0.3, 0.4) is 0 Å². The second kappa shape index (κ2) is 8.14. The van der Waals surface area contributed by atoms with E-state index in [0.717, 1.165) is 5.56 Å². The zero-order valence-corrected chi connectivity index (χ0v) is 12.9. The first-order valence-electron chi connectivity index (χ1n) is 7.19. The van der Waals surface area contributed by atoms with Crippen LogP contribution in [0.15, 0.2) is 48.7 Å². The van der Waals surface area contributed by atoms with Crippen molar-refractivity contribution in [2.24, 2.45) is 0 Å². The molecule has 2 aromatic rings. The van der Waals surface area contributed by atoms with Gasteiger partial charge in [0.15, 0.2) is 0 Å². The summed E-state index contributed by atoms with van der Waals surface area (Å²) < 4.78 is 10.9. The molecule has 5 heteroatoms. The monoisotopic (exact) mass is 300 g/mol. The minimum atomic E-state index is -0.0728. The Morgan fingerprint density at radius 3 is 2.68 bits per heavy atom. The molecular formula is C17H20N2O3. The lowest BCUT2D eigenvalue weighted by Crippen LogP contribution is -2.30. The molecule has 5 nitrogen and oxygen atoms in total. The molecule has 0 fully saturated rings. The number of rotatable bonds is 7. The van der Waals surface area contributed by atoms with Crippen molar-refractivity contribution in [3.05, 3.63) is 54.2 Å². The van der Waals surface area contributed by atoms with Crippen LogP contribution in [0.25, 0.3) is 0 Å². The highest BCUT2D eigenvalue weighted by atomic mass is 16.5. The average molecular weight is 300 g/mol. The van der Waals surface area contributed by atoms with E-state index < -0.39 is 0 Å². The highest BCUT2D eigenvalue weighted by Crippen LogP contribution is 2.23. The Hall–Kier alpha value is -2.40. The number of likely N-dealkylation sites (N-methyl/N-ethyl adjacent to an activating group) is 1. The average Bonchev–Trinajstić information content (AvgIpc) is 2.55. The van der Waals surface area contributed by atoms with Crippen LogP contribution in [-0.4, -0.2) is 36.1 Å². The molecule has 0 aliphatic heterocycles. The van der Waals surface area contributed by atoms with Crippen LogP contribution in [-0.2, 0) is 16.1 Å². The summed E-state index contributed by atoms with van der Waals surface area (Å²) in [5.41, 5.74) is 0.846. The summed E-state index contributed by atoms with van der Waals surface area (Å²) in [6, 6.07) is 13.2. The van der Waals surface area contributed by atoms with Gasteiger partial charge in [-0.15, -0.1) is 0 Å². The van der Waals surface area contributed by atoms with Gasteiger partial charge in [0.25, 0.3) is 0 Å². The first kappa shape index (κ1) is 16.0. The van der Waals surface area contributed by atoms with Gasteiger partial charge in [-0.25, -0.2) is 4.98 Å². The second-order valence-electron chi connectivity index (χ2n) is 4.77. The van der Waals surface area contributed by atoms with E-state index in [0.29, 0.717) is 24.8 Å². The summed E-state index contributed by atoms with van der Waals surface area (Å²) in [5, 5.41) is 0. The Balaban J connectivity index is 2.06. The molecule has 0 saturated heterocycles. The van der Waals surface area contributed by atoms with E-state index in [-0.39, 0.29) is 12.5 Å². The molecule has 0 unspecified atom stereocenters. The van der Waals surface area contributed by atoms with Gasteiger partial charge >= 0.3 is 0 Å². The summed E-state index contributed by atoms with van der Waals surface area (Å²) in [4.78, 5) is 17.8. The molecule has 0 aliphatic carbocycles. The van der Waals surface area contributed by atoms with E-state index in [2.05, 4.69) is 4.98 Å². The van der Waals surface area contributed by atoms with Gasteiger partial charge in [-0.1, -0.05) is 24.3 Å². The normalized spacial score (nSPS) is 10.3. The van der Waals surface area contributed by atoms with E-state index in [1.54, 1.807) is 18.1 Å². The van der Waals surface area contributed by atoms with Crippen LogP contribution in [0.5, 0.6) is 11.6 Å². The highest BCUT2D eigenvalue weighted by Gasteiger charge is 2.13. The molecule has 0 saturated carbocycles. The van der Waals surface area contributed by atoms with Crippen LogP contribution in [0.2, 0.25) is 0 Å². The fraction of sp³-hybridized carbons (Fsp3) is 0.294. The first-order chi connectivity index (χ1) is 10.7. The Bertz CT molecular complexity index is 602. The van der Waals surface area contributed by atoms with Gasteiger partial charge < -0.3 is 14.4 Å². The van der Waals surface area contributed by atoms with E-state index in [9.17, 15) is 4.79 Å². The van der Waals surface area contributed by atoms with E-state index in [1.807, 2.05) is 49.4 Å². The molecule has 1 aromatic heterocycles. The van der Waals surface area contributed by atoms with Crippen LogP contribution in [0.1, 0.15) is 12.5 Å². The van der Waals surface area contributed by atoms with Crippen molar-refractivity contribution in [1.29, 1.82) is 0 Å². The number of carbonyl (C=O) groups is 1. The largest absolute Gasteiger partial charge is 0.439 e. The van der Waals surface area contributed by atoms with Crippen LogP contribution in [0.4, 0.5) is 0 Å². The number of para-hydroxylation sites is 1. The van der Waals surface area contributed by atoms with Crippen molar-refractivity contribution in [3.8, 4) is 11.6 Å². The molecule has 1 amide bonds. The molecule has 0 N–H and O–H groups in total. The van der Waals surface area contributed by atoms with Crippen molar-refractivity contribution in [1.82, 2.24) is 9.88 Å². The van der Waals surface area contributed by atoms with Crippen molar-refractivity contribution < 1.29 is 14.3 Å². The number of pyridine rings is 1. The third-order valence-corrected chi connectivity index (χ3v) is 3.07. The zero-order chi connectivity index (χ0) is 15.8. The molecule has 1 aromatic carbocycles. The number of benzene rings is 1. The van der Waals surface area contributed by atoms with Gasteiger partial charge in [0, 0.05) is 25.4 Å². The number of hydrogen-bond acceptors (Lipinski definition) is 4. The fourth-order valence-electron chi connectivity index (χ4n) is 1.88. The number of hydrogen-bond donors (Lipinski definition) is 0. The third-order valence-electron chi connectivity index (χ3n) is 3.07. The fourth-order valence-corrected chi connectivity index (χ4v) is 1.88. The van der Waals surface area contributed by atoms with Gasteiger partial charge in [-0.05, 0) is 25.1 Å². The predicted molar refractivity (Wildman–Crippen MR) is 83.7 cm³/mol.